The molecule has 0 unspecified atom stereocenters. The van der Waals surface area contributed by atoms with Gasteiger partial charge in [0, 0.05) is 46.5 Å². The second-order valence-electron chi connectivity index (χ2n) is 11.5. The number of hydrogen-bond acceptors (Lipinski definition) is 8. The summed E-state index contributed by atoms with van der Waals surface area (Å²) in [5.41, 5.74) is 9.87. The predicted octanol–water partition coefficient (Wildman–Crippen LogP) is 7.35. The Morgan fingerprint density at radius 3 is 2.57 bits per heavy atom. The summed E-state index contributed by atoms with van der Waals surface area (Å²) in [6.07, 6.45) is 3.05. The number of halogens is 3. The molecule has 15 heteroatoms. The van der Waals surface area contributed by atoms with Gasteiger partial charge in [0.2, 0.25) is 0 Å². The molecule has 0 bridgehead atoms. The van der Waals surface area contributed by atoms with E-state index in [9.17, 15) is 17.6 Å². The van der Waals surface area contributed by atoms with Crippen LogP contribution in [-0.2, 0) is 10.0 Å². The molecule has 1 saturated heterocycles. The SMILES string of the molecule is Nc1ncnn2c(-c3ccc(NS(=O)(=O)c4ccccc4-c4cc(Cl)ccc4F)cc3)cc(N3CCC[C@@H](NC(=O)c4ccc(Cl)s4)C3)c12. The van der Waals surface area contributed by atoms with Crippen LogP contribution in [0.25, 0.3) is 27.9 Å². The lowest BCUT2D eigenvalue weighted by Gasteiger charge is -2.34. The van der Waals surface area contributed by atoms with Crippen LogP contribution in [0.5, 0.6) is 0 Å². The first-order chi connectivity index (χ1) is 23.6. The molecular weight excluding hydrogens is 708 g/mol. The Morgan fingerprint density at radius 2 is 1.80 bits per heavy atom. The number of nitrogens with zero attached hydrogens (tertiary/aromatic N) is 4. The molecule has 0 saturated carbocycles. The number of piperidine rings is 1. The number of rotatable bonds is 8. The first-order valence-electron chi connectivity index (χ1n) is 15.2. The van der Waals surface area contributed by atoms with Crippen LogP contribution < -0.4 is 20.7 Å². The Balaban J connectivity index is 1.15. The molecule has 1 aliphatic rings. The van der Waals surface area contributed by atoms with Crippen molar-refractivity contribution in [3.63, 3.8) is 0 Å². The summed E-state index contributed by atoms with van der Waals surface area (Å²) in [5, 5.41) is 7.89. The van der Waals surface area contributed by atoms with E-state index in [1.165, 1.54) is 48.0 Å². The van der Waals surface area contributed by atoms with Gasteiger partial charge in [-0.25, -0.2) is 22.3 Å². The molecule has 0 spiro atoms. The molecule has 1 atom stereocenters. The molecule has 1 amide bonds. The largest absolute Gasteiger partial charge is 0.382 e. The van der Waals surface area contributed by atoms with Gasteiger partial charge in [-0.1, -0.05) is 53.5 Å². The minimum absolute atomic E-state index is 0.0795. The van der Waals surface area contributed by atoms with Gasteiger partial charge in [0.15, 0.2) is 5.82 Å². The fourth-order valence-corrected chi connectivity index (χ4v) is 8.45. The van der Waals surface area contributed by atoms with Crippen molar-refractivity contribution < 1.29 is 17.6 Å². The molecule has 3 aromatic carbocycles. The average molecular weight is 737 g/mol. The Hall–Kier alpha value is -4.69. The van der Waals surface area contributed by atoms with E-state index in [0.717, 1.165) is 36.3 Å². The van der Waals surface area contributed by atoms with Crippen LogP contribution in [0, 0.1) is 5.82 Å². The Morgan fingerprint density at radius 1 is 1.00 bits per heavy atom. The lowest BCUT2D eigenvalue weighted by Crippen LogP contribution is -2.47. The van der Waals surface area contributed by atoms with E-state index in [4.69, 9.17) is 28.9 Å². The van der Waals surface area contributed by atoms with Crippen LogP contribution in [0.4, 0.5) is 21.6 Å². The van der Waals surface area contributed by atoms with E-state index in [1.807, 2.05) is 6.07 Å². The standard InChI is InChI=1S/C34H28Cl2FN7O3S2/c35-21-9-12-26(37)25(16-21)24-5-1-2-6-30(24)49(46,47)42-22-10-7-20(8-11-22)27-17-28(32-33(38)39-19-40-44(27)32)43-15-3-4-23(18-43)41-34(45)29-13-14-31(36)48-29/h1-2,5-14,16-17,19,23,42H,3-4,15,18H2,(H,41,45)(H2,38,39,40)/t23-/m1/s1. The minimum atomic E-state index is -4.13. The van der Waals surface area contributed by atoms with Crippen molar-refractivity contribution in [2.45, 2.75) is 23.8 Å². The smallest absolute Gasteiger partial charge is 0.262 e. The van der Waals surface area contributed by atoms with Crippen LogP contribution >= 0.6 is 34.5 Å². The van der Waals surface area contributed by atoms with Crippen molar-refractivity contribution in [3.05, 3.63) is 111 Å². The fraction of sp³-hybridized carbons (Fsp3) is 0.147. The summed E-state index contributed by atoms with van der Waals surface area (Å²) >= 11 is 13.4. The maximum Gasteiger partial charge on any atom is 0.262 e. The molecule has 3 aromatic heterocycles. The highest BCUT2D eigenvalue weighted by Crippen LogP contribution is 2.37. The number of anilines is 3. The van der Waals surface area contributed by atoms with Crippen molar-refractivity contribution in [2.75, 3.05) is 28.4 Å². The van der Waals surface area contributed by atoms with Crippen LogP contribution in [0.15, 0.2) is 96.2 Å². The van der Waals surface area contributed by atoms with E-state index in [1.54, 1.807) is 53.0 Å². The zero-order valence-electron chi connectivity index (χ0n) is 25.6. The predicted molar refractivity (Wildman–Crippen MR) is 193 cm³/mol. The molecule has 4 N–H and O–H groups in total. The van der Waals surface area contributed by atoms with Gasteiger partial charge in [-0.15, -0.1) is 11.3 Å². The van der Waals surface area contributed by atoms with Gasteiger partial charge < -0.3 is 16.0 Å². The number of thiophene rings is 1. The normalized spacial score (nSPS) is 15.0. The Bertz CT molecular complexity index is 2310. The number of nitrogens with two attached hydrogens (primary N) is 1. The molecule has 250 valence electrons. The van der Waals surface area contributed by atoms with Gasteiger partial charge in [0.25, 0.3) is 15.9 Å². The topological polar surface area (TPSA) is 135 Å². The highest BCUT2D eigenvalue weighted by molar-refractivity contribution is 7.92. The van der Waals surface area contributed by atoms with Crippen molar-refractivity contribution in [2.24, 2.45) is 0 Å². The molecule has 49 heavy (non-hydrogen) atoms. The second-order valence-corrected chi connectivity index (χ2v) is 15.3. The molecule has 1 aliphatic heterocycles. The van der Waals surface area contributed by atoms with Crippen molar-refractivity contribution in [1.29, 1.82) is 0 Å². The minimum Gasteiger partial charge on any atom is -0.382 e. The number of carbonyl (C=O) groups is 1. The molecule has 0 aliphatic carbocycles. The fourth-order valence-electron chi connectivity index (χ4n) is 6.05. The van der Waals surface area contributed by atoms with Gasteiger partial charge in [0.1, 0.15) is 17.7 Å². The van der Waals surface area contributed by atoms with Gasteiger partial charge in [-0.05, 0) is 67.4 Å². The third-order valence-electron chi connectivity index (χ3n) is 8.28. The number of fused-ring (bicyclic) bond motifs is 1. The zero-order valence-corrected chi connectivity index (χ0v) is 28.8. The number of sulfonamides is 1. The Kier molecular flexibility index (Phi) is 8.92. The van der Waals surface area contributed by atoms with Crippen LogP contribution in [0.3, 0.4) is 0 Å². The monoisotopic (exact) mass is 735 g/mol. The molecule has 1 fully saturated rings. The number of nitrogens with one attached hydrogen (secondary N) is 2. The van der Waals surface area contributed by atoms with Crippen molar-refractivity contribution >= 4 is 73.2 Å². The van der Waals surface area contributed by atoms with E-state index < -0.39 is 15.8 Å². The van der Waals surface area contributed by atoms with E-state index >= 15 is 0 Å². The summed E-state index contributed by atoms with van der Waals surface area (Å²) in [6, 6.07) is 22.3. The number of nitrogen functional groups attached to an aromatic ring is 1. The third kappa shape index (κ3) is 6.66. The molecule has 4 heterocycles. The van der Waals surface area contributed by atoms with Crippen LogP contribution in [0.2, 0.25) is 9.36 Å². The second kappa shape index (κ2) is 13.3. The van der Waals surface area contributed by atoms with Crippen molar-refractivity contribution in [3.8, 4) is 22.4 Å². The quantitative estimate of drug-likeness (QED) is 0.149. The van der Waals surface area contributed by atoms with Gasteiger partial charge in [-0.3, -0.25) is 9.52 Å². The molecule has 7 rings (SSSR count). The maximum absolute atomic E-state index is 14.7. The number of carbonyl (C=O) groups excluding carboxylic acids is 1. The summed E-state index contributed by atoms with van der Waals surface area (Å²) in [6.45, 7) is 1.30. The summed E-state index contributed by atoms with van der Waals surface area (Å²) in [7, 11) is -4.13. The average Bonchev–Trinajstić information content (AvgIpc) is 3.71. The van der Waals surface area contributed by atoms with Crippen molar-refractivity contribution in [1.82, 2.24) is 19.9 Å². The summed E-state index contributed by atoms with van der Waals surface area (Å²) in [5.74, 6) is -0.451. The third-order valence-corrected chi connectivity index (χ3v) is 11.2. The summed E-state index contributed by atoms with van der Waals surface area (Å²) < 4.78 is 46.8. The lowest BCUT2D eigenvalue weighted by atomic mass is 10.0. The molecule has 6 aromatic rings. The van der Waals surface area contributed by atoms with Crippen LogP contribution in [0.1, 0.15) is 22.5 Å². The molecule has 10 nitrogen and oxygen atoms in total. The number of hydrogen-bond donors (Lipinski definition) is 3. The highest BCUT2D eigenvalue weighted by Gasteiger charge is 2.27. The number of amides is 1. The first kappa shape index (κ1) is 32.8. The first-order valence-corrected chi connectivity index (χ1v) is 18.2. The molecular formula is C34H28Cl2FN7O3S2. The lowest BCUT2D eigenvalue weighted by molar-refractivity contribution is 0.0937. The van der Waals surface area contributed by atoms with Gasteiger partial charge in [-0.2, -0.15) is 5.10 Å². The van der Waals surface area contributed by atoms with E-state index in [-0.39, 0.29) is 33.0 Å². The maximum atomic E-state index is 14.7. The van der Waals surface area contributed by atoms with Gasteiger partial charge in [0.05, 0.1) is 25.5 Å². The highest BCUT2D eigenvalue weighted by atomic mass is 35.5. The number of aromatic nitrogens is 3. The Labute approximate surface area is 295 Å². The van der Waals surface area contributed by atoms with Gasteiger partial charge >= 0.3 is 0 Å². The number of benzene rings is 3. The van der Waals surface area contributed by atoms with E-state index in [0.29, 0.717) is 32.8 Å². The van der Waals surface area contributed by atoms with E-state index in [2.05, 4.69) is 25.0 Å². The van der Waals surface area contributed by atoms with Crippen LogP contribution in [-0.4, -0.2) is 48.1 Å². The summed E-state index contributed by atoms with van der Waals surface area (Å²) in [4.78, 5) is 19.7. The zero-order chi connectivity index (χ0) is 34.3. The molecule has 0 radical (unpaired) electrons.